The van der Waals surface area contributed by atoms with E-state index in [-0.39, 0.29) is 6.42 Å². The third-order valence-electron chi connectivity index (χ3n) is 5.28. The van der Waals surface area contributed by atoms with Crippen molar-refractivity contribution in [3.63, 3.8) is 0 Å². The summed E-state index contributed by atoms with van der Waals surface area (Å²) in [4.78, 5) is 17.3. The van der Waals surface area contributed by atoms with Crippen molar-refractivity contribution in [1.29, 1.82) is 0 Å². The molecule has 0 spiro atoms. The van der Waals surface area contributed by atoms with Crippen LogP contribution in [-0.4, -0.2) is 32.7 Å². The Morgan fingerprint density at radius 3 is 2.53 bits per heavy atom. The molecule has 1 N–H and O–H groups in total. The molecule has 0 saturated carbocycles. The van der Waals surface area contributed by atoms with E-state index < -0.39 is 5.97 Å². The van der Waals surface area contributed by atoms with E-state index in [4.69, 9.17) is 10.2 Å². The summed E-state index contributed by atoms with van der Waals surface area (Å²) in [5.74, 6) is 0.0392. The number of imidazole rings is 1. The largest absolute Gasteiger partial charge is 0.481 e. The summed E-state index contributed by atoms with van der Waals surface area (Å²) in [5.41, 5.74) is 7.19. The first-order valence-electron chi connectivity index (χ1n) is 9.89. The summed E-state index contributed by atoms with van der Waals surface area (Å²) in [6, 6.07) is 18.2. The molecule has 4 aromatic rings. The molecule has 0 bridgehead atoms. The molecular formula is C24H24N4O2. The van der Waals surface area contributed by atoms with Gasteiger partial charge in [-0.3, -0.25) is 4.79 Å². The Hall–Kier alpha value is -3.67. The first-order chi connectivity index (χ1) is 14.4. The van der Waals surface area contributed by atoms with Crippen molar-refractivity contribution in [3.8, 4) is 11.3 Å². The highest BCUT2D eigenvalue weighted by molar-refractivity contribution is 5.68. The van der Waals surface area contributed by atoms with Crippen molar-refractivity contribution < 1.29 is 9.90 Å². The Bertz CT molecular complexity index is 1210. The molecule has 4 rings (SSSR count). The standard InChI is InChI=1S/C24H24N4O2/c1-16-4-10-20(17(2)14-16)27(3)23-12-11-22-25-15-21(28(22)26-23)19-8-5-18(6-9-19)7-13-24(29)30/h4-6,8-12,14-15H,7,13H2,1-3H3,(H,29,30). The minimum atomic E-state index is -0.787. The molecule has 0 saturated heterocycles. The molecular weight excluding hydrogens is 376 g/mol. The molecule has 2 aromatic heterocycles. The van der Waals surface area contributed by atoms with Crippen LogP contribution in [0.25, 0.3) is 16.9 Å². The lowest BCUT2D eigenvalue weighted by atomic mass is 10.1. The van der Waals surface area contributed by atoms with Gasteiger partial charge in [-0.2, -0.15) is 0 Å². The van der Waals surface area contributed by atoms with Gasteiger partial charge < -0.3 is 10.0 Å². The minimum Gasteiger partial charge on any atom is -0.481 e. The van der Waals surface area contributed by atoms with Crippen LogP contribution in [0.2, 0.25) is 0 Å². The third kappa shape index (κ3) is 3.89. The van der Waals surface area contributed by atoms with E-state index in [1.807, 2.05) is 54.2 Å². The first kappa shape index (κ1) is 19.6. The monoisotopic (exact) mass is 400 g/mol. The van der Waals surface area contributed by atoms with Gasteiger partial charge in [-0.05, 0) is 49.6 Å². The van der Waals surface area contributed by atoms with E-state index in [1.54, 1.807) is 0 Å². The molecule has 2 aromatic carbocycles. The van der Waals surface area contributed by atoms with Gasteiger partial charge in [0.2, 0.25) is 0 Å². The highest BCUT2D eigenvalue weighted by Crippen LogP contribution is 2.28. The maximum Gasteiger partial charge on any atom is 0.303 e. The van der Waals surface area contributed by atoms with E-state index in [0.29, 0.717) is 6.42 Å². The van der Waals surface area contributed by atoms with E-state index in [1.165, 1.54) is 11.1 Å². The summed E-state index contributed by atoms with van der Waals surface area (Å²) >= 11 is 0. The van der Waals surface area contributed by atoms with Gasteiger partial charge in [0, 0.05) is 24.7 Å². The van der Waals surface area contributed by atoms with Crippen LogP contribution in [0.15, 0.2) is 60.8 Å². The van der Waals surface area contributed by atoms with Gasteiger partial charge in [0.05, 0.1) is 11.9 Å². The molecule has 0 aliphatic rings. The quantitative estimate of drug-likeness (QED) is 0.503. The number of fused-ring (bicyclic) bond motifs is 1. The van der Waals surface area contributed by atoms with Crippen LogP contribution in [0.4, 0.5) is 11.5 Å². The summed E-state index contributed by atoms with van der Waals surface area (Å²) in [6.45, 7) is 4.19. The molecule has 152 valence electrons. The second-order valence-electron chi connectivity index (χ2n) is 7.54. The zero-order valence-electron chi connectivity index (χ0n) is 17.3. The summed E-state index contributed by atoms with van der Waals surface area (Å²) in [6.07, 6.45) is 2.46. The molecule has 0 amide bonds. The SMILES string of the molecule is Cc1ccc(N(C)c2ccc3ncc(-c4ccc(CCC(=O)O)cc4)n3n2)c(C)c1. The number of hydrogen-bond donors (Lipinski definition) is 1. The lowest BCUT2D eigenvalue weighted by Crippen LogP contribution is -2.14. The number of carboxylic acid groups (broad SMARTS) is 1. The summed E-state index contributed by atoms with van der Waals surface area (Å²) < 4.78 is 1.85. The molecule has 0 aliphatic heterocycles. The molecule has 0 unspecified atom stereocenters. The Morgan fingerprint density at radius 2 is 1.83 bits per heavy atom. The fourth-order valence-electron chi connectivity index (χ4n) is 3.64. The number of carboxylic acids is 1. The van der Waals surface area contributed by atoms with Crippen LogP contribution >= 0.6 is 0 Å². The topological polar surface area (TPSA) is 70.7 Å². The van der Waals surface area contributed by atoms with Crippen LogP contribution in [0.3, 0.4) is 0 Å². The number of rotatable bonds is 6. The van der Waals surface area contributed by atoms with Gasteiger partial charge >= 0.3 is 5.97 Å². The molecule has 0 radical (unpaired) electrons. The van der Waals surface area contributed by atoms with Gasteiger partial charge in [0.25, 0.3) is 0 Å². The fraction of sp³-hybridized carbons (Fsp3) is 0.208. The van der Waals surface area contributed by atoms with Gasteiger partial charge in [-0.1, -0.05) is 42.0 Å². The van der Waals surface area contributed by atoms with E-state index >= 15 is 0 Å². The number of anilines is 2. The number of aromatic nitrogens is 3. The van der Waals surface area contributed by atoms with Gasteiger partial charge in [0.1, 0.15) is 0 Å². The Morgan fingerprint density at radius 1 is 1.07 bits per heavy atom. The highest BCUT2D eigenvalue weighted by Gasteiger charge is 2.13. The van der Waals surface area contributed by atoms with Gasteiger partial charge in [-0.25, -0.2) is 9.50 Å². The molecule has 30 heavy (non-hydrogen) atoms. The highest BCUT2D eigenvalue weighted by atomic mass is 16.4. The zero-order chi connectivity index (χ0) is 21.3. The Labute approximate surface area is 175 Å². The minimum absolute atomic E-state index is 0.130. The normalized spacial score (nSPS) is 11.0. The molecule has 6 heteroatoms. The number of carbonyl (C=O) groups is 1. The van der Waals surface area contributed by atoms with Crippen LogP contribution < -0.4 is 4.90 Å². The number of aliphatic carboxylic acids is 1. The van der Waals surface area contributed by atoms with E-state index in [2.05, 4.69) is 41.9 Å². The second kappa shape index (κ2) is 7.99. The van der Waals surface area contributed by atoms with Crippen molar-refractivity contribution in [2.75, 3.05) is 11.9 Å². The fourth-order valence-corrected chi connectivity index (χ4v) is 3.64. The Balaban J connectivity index is 1.67. The van der Waals surface area contributed by atoms with Crippen molar-refractivity contribution >= 4 is 23.1 Å². The number of hydrogen-bond acceptors (Lipinski definition) is 4. The van der Waals surface area contributed by atoms with Gasteiger partial charge in [-0.15, -0.1) is 5.10 Å². The molecule has 0 atom stereocenters. The molecule has 0 fully saturated rings. The lowest BCUT2D eigenvalue weighted by molar-refractivity contribution is -0.136. The molecule has 2 heterocycles. The maximum absolute atomic E-state index is 10.8. The average molecular weight is 400 g/mol. The number of nitrogens with zero attached hydrogens (tertiary/aromatic N) is 4. The second-order valence-corrected chi connectivity index (χ2v) is 7.54. The summed E-state index contributed by atoms with van der Waals surface area (Å²) in [5, 5.41) is 13.7. The molecule has 6 nitrogen and oxygen atoms in total. The van der Waals surface area contributed by atoms with Crippen molar-refractivity contribution in [2.24, 2.45) is 0 Å². The third-order valence-corrected chi connectivity index (χ3v) is 5.28. The first-order valence-corrected chi connectivity index (χ1v) is 9.89. The van der Waals surface area contributed by atoms with Gasteiger partial charge in [0.15, 0.2) is 11.5 Å². The number of benzene rings is 2. The van der Waals surface area contributed by atoms with Crippen molar-refractivity contribution in [2.45, 2.75) is 26.7 Å². The Kier molecular flexibility index (Phi) is 5.23. The maximum atomic E-state index is 10.8. The van der Waals surface area contributed by atoms with Crippen LogP contribution in [-0.2, 0) is 11.2 Å². The lowest BCUT2D eigenvalue weighted by Gasteiger charge is -2.21. The predicted octanol–water partition coefficient (Wildman–Crippen LogP) is 4.80. The van der Waals surface area contributed by atoms with Crippen molar-refractivity contribution in [1.82, 2.24) is 14.6 Å². The predicted molar refractivity (Wildman–Crippen MR) is 118 cm³/mol. The van der Waals surface area contributed by atoms with Crippen LogP contribution in [0.5, 0.6) is 0 Å². The van der Waals surface area contributed by atoms with E-state index in [0.717, 1.165) is 34.0 Å². The van der Waals surface area contributed by atoms with Crippen LogP contribution in [0.1, 0.15) is 23.1 Å². The summed E-state index contributed by atoms with van der Waals surface area (Å²) in [7, 11) is 2.01. The van der Waals surface area contributed by atoms with E-state index in [9.17, 15) is 4.79 Å². The average Bonchev–Trinajstić information content (AvgIpc) is 3.15. The smallest absolute Gasteiger partial charge is 0.303 e. The zero-order valence-corrected chi connectivity index (χ0v) is 17.3. The van der Waals surface area contributed by atoms with Crippen LogP contribution in [0, 0.1) is 13.8 Å². The molecule has 0 aliphatic carbocycles. The van der Waals surface area contributed by atoms with Crippen molar-refractivity contribution in [3.05, 3.63) is 77.5 Å². The number of aryl methyl sites for hydroxylation is 3.